The Labute approximate surface area is 109 Å². The first-order chi connectivity index (χ1) is 8.20. The lowest BCUT2D eigenvalue weighted by atomic mass is 10.1. The van der Waals surface area contributed by atoms with Crippen molar-refractivity contribution in [3.8, 4) is 0 Å². The lowest BCUT2D eigenvalue weighted by Crippen LogP contribution is -2.46. The maximum Gasteiger partial charge on any atom is 0.329 e. The maximum atomic E-state index is 12.0. The molecule has 1 aliphatic heterocycles. The van der Waals surface area contributed by atoms with E-state index in [1.54, 1.807) is 4.90 Å². The SMILES string of the molecule is CN(C)CC(=O)N1CCC[C@H]1C(=O)OC(C)(C)C. The van der Waals surface area contributed by atoms with Crippen LogP contribution in [-0.4, -0.2) is 60.5 Å². The minimum absolute atomic E-state index is 0.00615. The van der Waals surface area contributed by atoms with Gasteiger partial charge < -0.3 is 14.5 Å². The number of esters is 1. The van der Waals surface area contributed by atoms with E-state index in [4.69, 9.17) is 4.74 Å². The van der Waals surface area contributed by atoms with E-state index in [1.807, 2.05) is 39.8 Å². The highest BCUT2D eigenvalue weighted by molar-refractivity contribution is 5.86. The summed E-state index contributed by atoms with van der Waals surface area (Å²) in [5, 5.41) is 0. The molecule has 1 fully saturated rings. The van der Waals surface area contributed by atoms with Gasteiger partial charge in [0.15, 0.2) is 0 Å². The topological polar surface area (TPSA) is 49.9 Å². The molecule has 0 aromatic carbocycles. The molecule has 18 heavy (non-hydrogen) atoms. The van der Waals surface area contributed by atoms with Gasteiger partial charge in [0.25, 0.3) is 0 Å². The highest BCUT2D eigenvalue weighted by atomic mass is 16.6. The molecule has 0 spiro atoms. The third-order valence-corrected chi connectivity index (χ3v) is 2.70. The molecule has 1 atom stereocenters. The second kappa shape index (κ2) is 5.69. The Morgan fingerprint density at radius 2 is 1.94 bits per heavy atom. The Hall–Kier alpha value is -1.10. The van der Waals surface area contributed by atoms with Crippen molar-refractivity contribution in [2.45, 2.75) is 45.3 Å². The molecular weight excluding hydrogens is 232 g/mol. The van der Waals surface area contributed by atoms with E-state index in [-0.39, 0.29) is 11.9 Å². The second-order valence-electron chi connectivity index (χ2n) is 6.02. The minimum atomic E-state index is -0.504. The predicted molar refractivity (Wildman–Crippen MR) is 69.1 cm³/mol. The molecule has 0 unspecified atom stereocenters. The van der Waals surface area contributed by atoms with Gasteiger partial charge in [0.2, 0.25) is 5.91 Å². The van der Waals surface area contributed by atoms with Gasteiger partial charge in [0.05, 0.1) is 6.54 Å². The fraction of sp³-hybridized carbons (Fsp3) is 0.846. The van der Waals surface area contributed by atoms with Gasteiger partial charge in [-0.2, -0.15) is 0 Å². The number of hydrogen-bond donors (Lipinski definition) is 0. The lowest BCUT2D eigenvalue weighted by Gasteiger charge is -2.28. The number of rotatable bonds is 3. The molecule has 0 bridgehead atoms. The van der Waals surface area contributed by atoms with Crippen LogP contribution in [0.2, 0.25) is 0 Å². The zero-order valence-electron chi connectivity index (χ0n) is 12.0. The van der Waals surface area contributed by atoms with Crippen molar-refractivity contribution in [2.75, 3.05) is 27.2 Å². The molecule has 0 aliphatic carbocycles. The molecule has 5 heteroatoms. The lowest BCUT2D eigenvalue weighted by molar-refractivity contribution is -0.163. The van der Waals surface area contributed by atoms with Gasteiger partial charge in [0, 0.05) is 6.54 Å². The Morgan fingerprint density at radius 1 is 1.33 bits per heavy atom. The molecule has 1 heterocycles. The molecule has 0 aromatic rings. The Balaban J connectivity index is 2.64. The summed E-state index contributed by atoms with van der Waals surface area (Å²) in [4.78, 5) is 27.5. The molecule has 0 aromatic heterocycles. The van der Waals surface area contributed by atoms with Crippen LogP contribution in [0.25, 0.3) is 0 Å². The van der Waals surface area contributed by atoms with Gasteiger partial charge in [-0.3, -0.25) is 4.79 Å². The standard InChI is InChI=1S/C13H24N2O3/c1-13(2,3)18-12(17)10-7-6-8-15(10)11(16)9-14(4)5/h10H,6-9H2,1-5H3/t10-/m0/s1. The average Bonchev–Trinajstić information content (AvgIpc) is 2.61. The van der Waals surface area contributed by atoms with Crippen molar-refractivity contribution in [1.82, 2.24) is 9.80 Å². The number of amides is 1. The van der Waals surface area contributed by atoms with Crippen molar-refractivity contribution in [3.63, 3.8) is 0 Å². The monoisotopic (exact) mass is 256 g/mol. The van der Waals surface area contributed by atoms with Crippen LogP contribution in [0.4, 0.5) is 0 Å². The van der Waals surface area contributed by atoms with Crippen LogP contribution in [0.5, 0.6) is 0 Å². The molecule has 1 saturated heterocycles. The Kier molecular flexibility index (Phi) is 4.73. The number of carbonyl (C=O) groups is 2. The molecule has 104 valence electrons. The summed E-state index contributed by atoms with van der Waals surface area (Å²) in [5.41, 5.74) is -0.504. The number of likely N-dealkylation sites (N-methyl/N-ethyl adjacent to an activating group) is 1. The molecule has 5 nitrogen and oxygen atoms in total. The van der Waals surface area contributed by atoms with Crippen molar-refractivity contribution in [1.29, 1.82) is 0 Å². The normalized spacial score (nSPS) is 20.3. The molecule has 0 radical (unpaired) electrons. The van der Waals surface area contributed by atoms with Crippen LogP contribution in [0.15, 0.2) is 0 Å². The van der Waals surface area contributed by atoms with Crippen LogP contribution in [0, 0.1) is 0 Å². The quantitative estimate of drug-likeness (QED) is 0.703. The van der Waals surface area contributed by atoms with Gasteiger partial charge in [-0.05, 0) is 47.7 Å². The van der Waals surface area contributed by atoms with Gasteiger partial charge >= 0.3 is 5.97 Å². The summed E-state index contributed by atoms with van der Waals surface area (Å²) in [6, 6.07) is -0.406. The molecule has 1 amide bonds. The van der Waals surface area contributed by atoms with Gasteiger partial charge in [0.1, 0.15) is 11.6 Å². The van der Waals surface area contributed by atoms with E-state index in [0.29, 0.717) is 19.5 Å². The summed E-state index contributed by atoms with van der Waals surface area (Å²) in [7, 11) is 3.69. The molecule has 1 rings (SSSR count). The van der Waals surface area contributed by atoms with E-state index in [2.05, 4.69) is 0 Å². The average molecular weight is 256 g/mol. The summed E-state index contributed by atoms with van der Waals surface area (Å²) in [6.07, 6.45) is 1.57. The first kappa shape index (κ1) is 15.0. The highest BCUT2D eigenvalue weighted by Crippen LogP contribution is 2.21. The summed E-state index contributed by atoms with van der Waals surface area (Å²) in [5.74, 6) is -0.291. The van der Waals surface area contributed by atoms with Gasteiger partial charge in [-0.25, -0.2) is 4.79 Å². The van der Waals surface area contributed by atoms with Crippen LogP contribution >= 0.6 is 0 Å². The number of carbonyl (C=O) groups excluding carboxylic acids is 2. The highest BCUT2D eigenvalue weighted by Gasteiger charge is 2.36. The van der Waals surface area contributed by atoms with E-state index in [0.717, 1.165) is 6.42 Å². The van der Waals surface area contributed by atoms with Gasteiger partial charge in [-0.1, -0.05) is 0 Å². The zero-order valence-corrected chi connectivity index (χ0v) is 12.0. The number of hydrogen-bond acceptors (Lipinski definition) is 4. The Morgan fingerprint density at radius 3 is 2.44 bits per heavy atom. The van der Waals surface area contributed by atoms with Crippen LogP contribution in [-0.2, 0) is 14.3 Å². The largest absolute Gasteiger partial charge is 0.458 e. The first-order valence-corrected chi connectivity index (χ1v) is 6.38. The third kappa shape index (κ3) is 4.29. The number of nitrogens with zero attached hydrogens (tertiary/aromatic N) is 2. The van der Waals surface area contributed by atoms with Crippen LogP contribution in [0.1, 0.15) is 33.6 Å². The smallest absolute Gasteiger partial charge is 0.329 e. The van der Waals surface area contributed by atoms with E-state index in [1.165, 1.54) is 0 Å². The Bertz CT molecular complexity index is 321. The zero-order chi connectivity index (χ0) is 13.9. The number of ether oxygens (including phenoxy) is 1. The molecule has 1 aliphatic rings. The van der Waals surface area contributed by atoms with E-state index in [9.17, 15) is 9.59 Å². The van der Waals surface area contributed by atoms with Crippen LogP contribution in [0.3, 0.4) is 0 Å². The summed E-state index contributed by atoms with van der Waals surface area (Å²) >= 11 is 0. The molecule has 0 saturated carbocycles. The number of likely N-dealkylation sites (tertiary alicyclic amines) is 1. The van der Waals surface area contributed by atoms with Crippen molar-refractivity contribution in [3.05, 3.63) is 0 Å². The molecular formula is C13H24N2O3. The van der Waals surface area contributed by atoms with Crippen molar-refractivity contribution < 1.29 is 14.3 Å². The third-order valence-electron chi connectivity index (χ3n) is 2.70. The predicted octanol–water partition coefficient (Wildman–Crippen LogP) is 0.881. The second-order valence-corrected chi connectivity index (χ2v) is 6.02. The van der Waals surface area contributed by atoms with Crippen LogP contribution < -0.4 is 0 Å². The van der Waals surface area contributed by atoms with Crippen molar-refractivity contribution >= 4 is 11.9 Å². The minimum Gasteiger partial charge on any atom is -0.458 e. The van der Waals surface area contributed by atoms with Crippen molar-refractivity contribution in [2.24, 2.45) is 0 Å². The van der Waals surface area contributed by atoms with E-state index >= 15 is 0 Å². The van der Waals surface area contributed by atoms with E-state index < -0.39 is 11.6 Å². The molecule has 0 N–H and O–H groups in total. The van der Waals surface area contributed by atoms with Gasteiger partial charge in [-0.15, -0.1) is 0 Å². The fourth-order valence-electron chi connectivity index (χ4n) is 2.04. The maximum absolute atomic E-state index is 12.0. The summed E-state index contributed by atoms with van der Waals surface area (Å²) < 4.78 is 5.36. The first-order valence-electron chi connectivity index (χ1n) is 6.38. The summed E-state index contributed by atoms with van der Waals surface area (Å²) in [6.45, 7) is 6.50. The fourth-order valence-corrected chi connectivity index (χ4v) is 2.04.